The van der Waals surface area contributed by atoms with Crippen LogP contribution in [0, 0.1) is 17.2 Å². The minimum atomic E-state index is -3.71. The third-order valence-corrected chi connectivity index (χ3v) is 6.26. The Morgan fingerprint density at radius 3 is 2.53 bits per heavy atom. The molecule has 30 heavy (non-hydrogen) atoms. The zero-order valence-electron chi connectivity index (χ0n) is 16.5. The van der Waals surface area contributed by atoms with E-state index >= 15 is 0 Å². The second kappa shape index (κ2) is 8.74. The summed E-state index contributed by atoms with van der Waals surface area (Å²) in [5.41, 5.74) is 1.05. The third kappa shape index (κ3) is 4.35. The van der Waals surface area contributed by atoms with Gasteiger partial charge in [-0.15, -0.1) is 0 Å². The molecule has 5 nitrogen and oxygen atoms in total. The molecule has 0 spiro atoms. The van der Waals surface area contributed by atoms with Crippen molar-refractivity contribution in [1.82, 2.24) is 14.9 Å². The van der Waals surface area contributed by atoms with Gasteiger partial charge < -0.3 is 5.32 Å². The van der Waals surface area contributed by atoms with Crippen molar-refractivity contribution >= 4 is 44.4 Å². The molecule has 0 aliphatic heterocycles. The van der Waals surface area contributed by atoms with E-state index < -0.39 is 17.2 Å². The van der Waals surface area contributed by atoms with Crippen molar-refractivity contribution in [2.75, 3.05) is 0 Å². The molecule has 0 unspecified atom stereocenters. The first kappa shape index (κ1) is 22.2. The summed E-state index contributed by atoms with van der Waals surface area (Å²) in [6.07, 6.45) is 1.40. The molecular formula is C21H19BrF2N4OS. The Labute approximate surface area is 185 Å². The number of hydrogen-bond donors (Lipinski definition) is 1. The van der Waals surface area contributed by atoms with E-state index in [2.05, 4.69) is 32.3 Å². The van der Waals surface area contributed by atoms with Gasteiger partial charge in [0.2, 0.25) is 0 Å². The molecule has 0 bridgehead atoms. The van der Waals surface area contributed by atoms with E-state index in [1.165, 1.54) is 10.8 Å². The molecule has 1 heterocycles. The lowest BCUT2D eigenvalue weighted by molar-refractivity contribution is -0.135. The number of imidazole rings is 1. The Morgan fingerprint density at radius 1 is 1.23 bits per heavy atom. The van der Waals surface area contributed by atoms with E-state index in [1.54, 1.807) is 37.3 Å². The fraction of sp³-hybridized carbons (Fsp3) is 0.286. The standard InChI is InChI=1S/C21H19BrF2N4OS/c1-12(2)13(3)27-19(29)21(23,24)30-20-26-11-18(22)28(20)17-9-8-14(10-25)15-6-4-5-7-16(15)17/h4-9,11-13H,1-3H3,(H,27,29)/t13-/m1/s1. The number of benzene rings is 2. The molecule has 0 saturated heterocycles. The van der Waals surface area contributed by atoms with E-state index in [9.17, 15) is 18.8 Å². The summed E-state index contributed by atoms with van der Waals surface area (Å²) in [7, 11) is 0. The quantitative estimate of drug-likeness (QED) is 0.460. The molecule has 1 aromatic heterocycles. The first-order chi connectivity index (χ1) is 14.2. The Bertz CT molecular complexity index is 1140. The number of nitrogens with zero attached hydrogens (tertiary/aromatic N) is 3. The number of carbonyl (C=O) groups excluding carboxylic acids is 1. The van der Waals surface area contributed by atoms with Gasteiger partial charge in [0, 0.05) is 16.8 Å². The van der Waals surface area contributed by atoms with E-state index in [-0.39, 0.29) is 22.8 Å². The highest BCUT2D eigenvalue weighted by Gasteiger charge is 2.42. The summed E-state index contributed by atoms with van der Waals surface area (Å²) in [6.45, 7) is 5.37. The highest BCUT2D eigenvalue weighted by atomic mass is 79.9. The van der Waals surface area contributed by atoms with E-state index in [0.29, 0.717) is 26.6 Å². The molecule has 3 aromatic rings. The zero-order chi connectivity index (χ0) is 22.1. The van der Waals surface area contributed by atoms with Crippen LogP contribution in [0.25, 0.3) is 16.5 Å². The predicted molar refractivity (Wildman–Crippen MR) is 117 cm³/mol. The Balaban J connectivity index is 2.02. The second-order valence-electron chi connectivity index (χ2n) is 7.11. The molecular weight excluding hydrogens is 474 g/mol. The van der Waals surface area contributed by atoms with Crippen molar-refractivity contribution in [1.29, 1.82) is 5.26 Å². The molecule has 0 fully saturated rings. The minimum Gasteiger partial charge on any atom is -0.347 e. The zero-order valence-corrected chi connectivity index (χ0v) is 18.9. The predicted octanol–water partition coefficient (Wildman–Crippen LogP) is 5.51. The Kier molecular flexibility index (Phi) is 6.48. The Hall–Kier alpha value is -2.44. The van der Waals surface area contributed by atoms with Crippen molar-refractivity contribution < 1.29 is 13.6 Å². The second-order valence-corrected chi connectivity index (χ2v) is 9.01. The van der Waals surface area contributed by atoms with E-state index in [4.69, 9.17) is 0 Å². The van der Waals surface area contributed by atoms with Crippen LogP contribution in [0.4, 0.5) is 8.78 Å². The smallest absolute Gasteiger partial charge is 0.347 e. The van der Waals surface area contributed by atoms with Gasteiger partial charge in [-0.2, -0.15) is 14.0 Å². The van der Waals surface area contributed by atoms with Gasteiger partial charge in [-0.3, -0.25) is 9.36 Å². The number of alkyl halides is 2. The van der Waals surface area contributed by atoms with Gasteiger partial charge in [0.1, 0.15) is 4.60 Å². The number of amides is 1. The van der Waals surface area contributed by atoms with Gasteiger partial charge in [-0.05, 0) is 52.7 Å². The van der Waals surface area contributed by atoms with Crippen LogP contribution in [-0.2, 0) is 4.79 Å². The number of halogens is 3. The molecule has 3 rings (SSSR count). The molecule has 2 aromatic carbocycles. The highest BCUT2D eigenvalue weighted by molar-refractivity contribution is 9.10. The fourth-order valence-corrected chi connectivity index (χ4v) is 4.15. The topological polar surface area (TPSA) is 70.7 Å². The average Bonchev–Trinajstić information content (AvgIpc) is 3.06. The largest absolute Gasteiger partial charge is 0.377 e. The lowest BCUT2D eigenvalue weighted by Gasteiger charge is -2.22. The number of aromatic nitrogens is 2. The Morgan fingerprint density at radius 2 is 1.90 bits per heavy atom. The average molecular weight is 493 g/mol. The lowest BCUT2D eigenvalue weighted by atomic mass is 10.0. The molecule has 1 amide bonds. The SMILES string of the molecule is CC(C)[C@@H](C)NC(=O)C(F)(F)Sc1ncc(Br)n1-c1ccc(C#N)c2ccccc12. The summed E-state index contributed by atoms with van der Waals surface area (Å²) < 4.78 is 31.4. The van der Waals surface area contributed by atoms with Gasteiger partial charge >= 0.3 is 11.2 Å². The van der Waals surface area contributed by atoms with Crippen molar-refractivity contribution in [3.8, 4) is 11.8 Å². The molecule has 0 radical (unpaired) electrons. The van der Waals surface area contributed by atoms with Crippen LogP contribution in [0.3, 0.4) is 0 Å². The fourth-order valence-electron chi connectivity index (χ4n) is 2.80. The third-order valence-electron chi connectivity index (χ3n) is 4.79. The summed E-state index contributed by atoms with van der Waals surface area (Å²) in [5.74, 6) is -1.33. The number of hydrogen-bond acceptors (Lipinski definition) is 4. The van der Waals surface area contributed by atoms with Crippen LogP contribution in [0.5, 0.6) is 0 Å². The first-order valence-electron chi connectivity index (χ1n) is 9.19. The normalized spacial score (nSPS) is 12.7. The van der Waals surface area contributed by atoms with E-state index in [0.717, 1.165) is 0 Å². The molecule has 9 heteroatoms. The number of nitrogens with one attached hydrogen (secondary N) is 1. The molecule has 156 valence electrons. The number of thioether (sulfide) groups is 1. The first-order valence-corrected chi connectivity index (χ1v) is 10.8. The maximum atomic E-state index is 14.7. The summed E-state index contributed by atoms with van der Waals surface area (Å²) >= 11 is 3.44. The van der Waals surface area contributed by atoms with Crippen LogP contribution < -0.4 is 5.32 Å². The van der Waals surface area contributed by atoms with Crippen LogP contribution in [-0.4, -0.2) is 26.8 Å². The maximum Gasteiger partial charge on any atom is 0.377 e. The lowest BCUT2D eigenvalue weighted by Crippen LogP contribution is -2.44. The van der Waals surface area contributed by atoms with Crippen LogP contribution in [0.15, 0.2) is 52.4 Å². The highest BCUT2D eigenvalue weighted by Crippen LogP contribution is 2.39. The van der Waals surface area contributed by atoms with Gasteiger partial charge in [-0.25, -0.2) is 4.98 Å². The van der Waals surface area contributed by atoms with Gasteiger partial charge in [0.15, 0.2) is 5.16 Å². The molecule has 0 aliphatic carbocycles. The molecule has 1 atom stereocenters. The summed E-state index contributed by atoms with van der Waals surface area (Å²) in [6, 6.07) is 12.3. The van der Waals surface area contributed by atoms with E-state index in [1.807, 2.05) is 19.9 Å². The maximum absolute atomic E-state index is 14.7. The van der Waals surface area contributed by atoms with Crippen molar-refractivity contribution in [3.05, 3.63) is 52.8 Å². The van der Waals surface area contributed by atoms with Crippen molar-refractivity contribution in [2.24, 2.45) is 5.92 Å². The summed E-state index contributed by atoms with van der Waals surface area (Å²) in [5, 5.41) is 9.36. The van der Waals surface area contributed by atoms with Crippen molar-refractivity contribution in [2.45, 2.75) is 37.2 Å². The van der Waals surface area contributed by atoms with Crippen LogP contribution in [0.1, 0.15) is 26.3 Å². The van der Waals surface area contributed by atoms with Crippen molar-refractivity contribution in [3.63, 3.8) is 0 Å². The number of fused-ring (bicyclic) bond motifs is 1. The number of rotatable bonds is 6. The number of carbonyl (C=O) groups is 1. The number of nitriles is 1. The molecule has 0 saturated carbocycles. The van der Waals surface area contributed by atoms with Gasteiger partial charge in [0.25, 0.3) is 0 Å². The van der Waals surface area contributed by atoms with Gasteiger partial charge in [0.05, 0.1) is 23.5 Å². The molecule has 0 aliphatic rings. The minimum absolute atomic E-state index is 0.0240. The van der Waals surface area contributed by atoms with Crippen LogP contribution >= 0.6 is 27.7 Å². The molecule has 1 N–H and O–H groups in total. The van der Waals surface area contributed by atoms with Crippen LogP contribution in [0.2, 0.25) is 0 Å². The monoisotopic (exact) mass is 492 g/mol. The summed E-state index contributed by atoms with van der Waals surface area (Å²) in [4.78, 5) is 16.2. The van der Waals surface area contributed by atoms with Gasteiger partial charge in [-0.1, -0.05) is 38.1 Å².